The minimum atomic E-state index is -4.03. The Morgan fingerprint density at radius 1 is 1.17 bits per heavy atom. The maximum atomic E-state index is 14.8. The van der Waals surface area contributed by atoms with Crippen molar-refractivity contribution in [3.8, 4) is 0 Å². The number of fused-ring (bicyclic) bond motifs is 1. The maximum absolute atomic E-state index is 14.8. The highest BCUT2D eigenvalue weighted by molar-refractivity contribution is 6.52. The quantitative estimate of drug-likeness (QED) is 0.468. The van der Waals surface area contributed by atoms with E-state index in [9.17, 15) is 28.0 Å². The molecule has 6 radical (unpaired) electrons. The van der Waals surface area contributed by atoms with Gasteiger partial charge in [0, 0.05) is 35.7 Å². The van der Waals surface area contributed by atoms with Crippen molar-refractivity contribution in [3.63, 3.8) is 0 Å². The second-order valence-electron chi connectivity index (χ2n) is 8.37. The number of nitrogens with one attached hydrogen (secondary N) is 1. The molecule has 2 aliphatic rings. The molecule has 0 aromatic heterocycles. The van der Waals surface area contributed by atoms with E-state index in [0.29, 0.717) is 21.5 Å². The lowest BCUT2D eigenvalue weighted by Gasteiger charge is -2.29. The van der Waals surface area contributed by atoms with Crippen molar-refractivity contribution < 1.29 is 28.0 Å². The second kappa shape index (κ2) is 9.15. The van der Waals surface area contributed by atoms with Gasteiger partial charge in [-0.2, -0.15) is 8.78 Å². The van der Waals surface area contributed by atoms with Gasteiger partial charge in [0.1, 0.15) is 21.7 Å². The minimum Gasteiger partial charge on any atom is -0.387 e. The number of benzene rings is 2. The molecule has 0 spiro atoms. The first-order chi connectivity index (χ1) is 16.4. The molecule has 7 nitrogen and oxygen atoms in total. The lowest BCUT2D eigenvalue weighted by atomic mass is 9.84. The summed E-state index contributed by atoms with van der Waals surface area (Å²) in [5, 5.41) is 2.12. The number of piperidine rings is 1. The molecule has 0 saturated carbocycles. The molecule has 0 aliphatic carbocycles. The highest BCUT2D eigenvalue weighted by atomic mass is 35.5. The molecular formula is C22H15B3ClF2N3O4. The van der Waals surface area contributed by atoms with E-state index >= 15 is 0 Å². The molecule has 35 heavy (non-hydrogen) atoms. The summed E-state index contributed by atoms with van der Waals surface area (Å²) < 4.78 is 29.7. The number of hydrogen-bond donors (Lipinski definition) is 1. The molecule has 1 N–H and O–H groups in total. The van der Waals surface area contributed by atoms with Crippen LogP contribution in [0.4, 0.5) is 8.78 Å². The van der Waals surface area contributed by atoms with E-state index in [2.05, 4.69) is 5.32 Å². The zero-order chi connectivity index (χ0) is 25.7. The largest absolute Gasteiger partial charge is 0.387 e. The maximum Gasteiger partial charge on any atom is 0.348 e. The van der Waals surface area contributed by atoms with Crippen LogP contribution in [0.5, 0.6) is 0 Å². The number of carbonyl (C=O) groups is 4. The van der Waals surface area contributed by atoms with Crippen molar-refractivity contribution in [2.45, 2.75) is 37.9 Å². The van der Waals surface area contributed by atoms with Gasteiger partial charge in [-0.1, -0.05) is 46.8 Å². The first-order valence-electron chi connectivity index (χ1n) is 10.5. The number of alkyl halides is 2. The van der Waals surface area contributed by atoms with Crippen molar-refractivity contribution in [3.05, 3.63) is 57.6 Å². The fourth-order valence-electron chi connectivity index (χ4n) is 4.15. The first kappa shape index (κ1) is 25.0. The monoisotopic (exact) mass is 491 g/mol. The lowest BCUT2D eigenvalue weighted by molar-refractivity contribution is -0.154. The van der Waals surface area contributed by atoms with E-state index in [1.165, 1.54) is 17.0 Å². The molecule has 4 rings (SSSR count). The molecule has 1 saturated heterocycles. The van der Waals surface area contributed by atoms with E-state index in [0.717, 1.165) is 12.1 Å². The fraction of sp³-hybridized carbons (Fsp3) is 0.273. The summed E-state index contributed by atoms with van der Waals surface area (Å²) in [5.41, 5.74) is 0.109. The number of amides is 4. The second-order valence-corrected chi connectivity index (χ2v) is 8.75. The van der Waals surface area contributed by atoms with Gasteiger partial charge in [-0.05, 0) is 23.6 Å². The molecule has 2 aromatic rings. The highest BCUT2D eigenvalue weighted by Gasteiger charge is 2.43. The summed E-state index contributed by atoms with van der Waals surface area (Å²) in [5.74, 6) is -7.05. The summed E-state index contributed by atoms with van der Waals surface area (Å²) in [6.07, 6.45) is 0.322. The molecule has 2 heterocycles. The molecule has 1 unspecified atom stereocenters. The van der Waals surface area contributed by atoms with Crippen LogP contribution in [0.1, 0.15) is 39.9 Å². The SMILES string of the molecule is [B]c1cc(C(F)(F)C(=O)N([B])Cc2ccc3c(c2)CN(C2CCC(=O)NC2=O)C3=O)cc([B])c1Cl. The van der Waals surface area contributed by atoms with E-state index in [-0.39, 0.29) is 47.8 Å². The van der Waals surface area contributed by atoms with Gasteiger partial charge >= 0.3 is 5.92 Å². The highest BCUT2D eigenvalue weighted by Crippen LogP contribution is 2.31. The van der Waals surface area contributed by atoms with Crippen LogP contribution >= 0.6 is 11.6 Å². The third-order valence-corrected chi connectivity index (χ3v) is 6.40. The smallest absolute Gasteiger partial charge is 0.348 e. The van der Waals surface area contributed by atoms with E-state index in [4.69, 9.17) is 35.3 Å². The molecule has 13 heteroatoms. The molecule has 4 amide bonds. The van der Waals surface area contributed by atoms with Gasteiger partial charge in [0.15, 0.2) is 0 Å². The zero-order valence-corrected chi connectivity index (χ0v) is 18.9. The number of carbonyl (C=O) groups excluding carboxylic acids is 4. The Balaban J connectivity index is 1.49. The number of nitrogens with zero attached hydrogens (tertiary/aromatic N) is 2. The Bertz CT molecular complexity index is 1250. The van der Waals surface area contributed by atoms with Gasteiger partial charge in [0.05, 0.1) is 0 Å². The van der Waals surface area contributed by atoms with Crippen LogP contribution < -0.4 is 16.2 Å². The van der Waals surface area contributed by atoms with Crippen LogP contribution in [0.3, 0.4) is 0 Å². The normalized spacial score (nSPS) is 17.9. The first-order valence-corrected chi connectivity index (χ1v) is 10.8. The van der Waals surface area contributed by atoms with Crippen LogP contribution in [0.15, 0.2) is 30.3 Å². The Morgan fingerprint density at radius 2 is 1.83 bits per heavy atom. The van der Waals surface area contributed by atoms with E-state index in [1.807, 2.05) is 0 Å². The number of rotatable bonds is 5. The molecule has 2 aromatic carbocycles. The van der Waals surface area contributed by atoms with E-state index in [1.54, 1.807) is 6.07 Å². The van der Waals surface area contributed by atoms with Gasteiger partial charge in [0.2, 0.25) is 19.8 Å². The summed E-state index contributed by atoms with van der Waals surface area (Å²) in [6.45, 7) is -0.293. The summed E-state index contributed by atoms with van der Waals surface area (Å²) >= 11 is 5.80. The third kappa shape index (κ3) is 4.59. The lowest BCUT2D eigenvalue weighted by Crippen LogP contribution is -2.52. The van der Waals surface area contributed by atoms with Crippen molar-refractivity contribution in [1.82, 2.24) is 15.0 Å². The molecule has 2 aliphatic heterocycles. The molecule has 1 atom stereocenters. The van der Waals surface area contributed by atoms with Gasteiger partial charge in [-0.25, -0.2) is 0 Å². The van der Waals surface area contributed by atoms with Crippen LogP contribution in [0, 0.1) is 0 Å². The number of hydrogen-bond acceptors (Lipinski definition) is 4. The topological polar surface area (TPSA) is 86.8 Å². The van der Waals surface area contributed by atoms with Crippen LogP contribution in [0.25, 0.3) is 0 Å². The Kier molecular flexibility index (Phi) is 6.53. The fourth-order valence-corrected chi connectivity index (χ4v) is 4.26. The summed E-state index contributed by atoms with van der Waals surface area (Å²) in [6, 6.07) is 5.44. The average Bonchev–Trinajstić information content (AvgIpc) is 3.11. The van der Waals surface area contributed by atoms with Gasteiger partial charge < -0.3 is 9.71 Å². The van der Waals surface area contributed by atoms with Crippen LogP contribution in [0.2, 0.25) is 5.02 Å². The minimum absolute atomic E-state index is 0.0896. The average molecular weight is 491 g/mol. The van der Waals surface area contributed by atoms with Crippen molar-refractivity contribution in [2.24, 2.45) is 0 Å². The standard InChI is InChI=1S/C22H15B3ClF2N3O4/c23-14-6-12(7-15(24)18(14)26)22(27,28)21(35)31(25)8-10-1-2-13-11(5-10)9-30(20(13)34)16-3-4-17(32)29-19(16)33/h1-2,5-7,16H,3-4,8-9H2,(H,29,32,33). The molecule has 0 bridgehead atoms. The zero-order valence-electron chi connectivity index (χ0n) is 18.2. The predicted octanol–water partition coefficient (Wildman–Crippen LogP) is -0.107. The van der Waals surface area contributed by atoms with Crippen molar-refractivity contribution >= 4 is 69.8 Å². The molecule has 1 fully saturated rings. The van der Waals surface area contributed by atoms with Gasteiger partial charge in [-0.3, -0.25) is 24.5 Å². The van der Waals surface area contributed by atoms with Crippen molar-refractivity contribution in [1.29, 1.82) is 0 Å². The van der Waals surface area contributed by atoms with Crippen molar-refractivity contribution in [2.75, 3.05) is 0 Å². The van der Waals surface area contributed by atoms with E-state index < -0.39 is 35.2 Å². The Morgan fingerprint density at radius 3 is 2.46 bits per heavy atom. The van der Waals surface area contributed by atoms with Gasteiger partial charge in [0.25, 0.3) is 11.8 Å². The Hall–Kier alpha value is -3.14. The molecule has 172 valence electrons. The molecular weight excluding hydrogens is 476 g/mol. The van der Waals surface area contributed by atoms with Gasteiger partial charge in [-0.15, -0.1) is 0 Å². The van der Waals surface area contributed by atoms with Crippen LogP contribution in [-0.2, 0) is 33.4 Å². The number of imide groups is 1. The van der Waals surface area contributed by atoms with Crippen LogP contribution in [-0.4, -0.2) is 63.1 Å². The Labute approximate surface area is 208 Å². The third-order valence-electron chi connectivity index (χ3n) is 5.96. The summed E-state index contributed by atoms with van der Waals surface area (Å²) in [7, 11) is 16.9. The predicted molar refractivity (Wildman–Crippen MR) is 125 cm³/mol. The summed E-state index contributed by atoms with van der Waals surface area (Å²) in [4.78, 5) is 50.5. The number of halogens is 3.